The van der Waals surface area contributed by atoms with Gasteiger partial charge in [0.1, 0.15) is 0 Å². The van der Waals surface area contributed by atoms with Crippen LogP contribution in [0.4, 0.5) is 10.5 Å². The van der Waals surface area contributed by atoms with Gasteiger partial charge in [0.25, 0.3) is 0 Å². The summed E-state index contributed by atoms with van der Waals surface area (Å²) in [6.07, 6.45) is 0. The number of benzene rings is 2. The molecule has 0 radical (unpaired) electrons. The molecule has 5 nitrogen and oxygen atoms in total. The minimum Gasteiger partial charge on any atom is -0.481 e. The molecule has 110 valence electrons. The minimum atomic E-state index is -0.999. The lowest BCUT2D eigenvalue weighted by Gasteiger charge is -2.19. The number of hydrogen-bond donors (Lipinski definition) is 3. The molecule has 0 aromatic heterocycles. The maximum absolute atomic E-state index is 11.8. The molecule has 2 aromatic carbocycles. The molecule has 21 heavy (non-hydrogen) atoms. The van der Waals surface area contributed by atoms with Crippen LogP contribution in [0.5, 0.6) is 0 Å². The predicted molar refractivity (Wildman–Crippen MR) is 82.4 cm³/mol. The van der Waals surface area contributed by atoms with Crippen molar-refractivity contribution >= 4 is 28.5 Å². The second-order valence-corrected chi connectivity index (χ2v) is 5.56. The van der Waals surface area contributed by atoms with Crippen molar-refractivity contribution < 1.29 is 14.7 Å². The number of carboxylic acid groups (broad SMARTS) is 1. The van der Waals surface area contributed by atoms with Crippen LogP contribution in [-0.2, 0) is 4.79 Å². The summed E-state index contributed by atoms with van der Waals surface area (Å²) in [6.45, 7) is 3.18. The standard InChI is InChI=1S/C16H18N2O3/c1-16(2,14(19)20)10-17-15(21)18-13-8-7-11-5-3-4-6-12(11)9-13/h3-9H,10H2,1-2H3,(H,19,20)(H2,17,18,21). The summed E-state index contributed by atoms with van der Waals surface area (Å²) in [5, 5.41) is 16.4. The van der Waals surface area contributed by atoms with Crippen LogP contribution in [-0.4, -0.2) is 23.7 Å². The van der Waals surface area contributed by atoms with E-state index in [9.17, 15) is 9.59 Å². The van der Waals surface area contributed by atoms with Gasteiger partial charge in [0, 0.05) is 12.2 Å². The molecule has 3 N–H and O–H groups in total. The summed E-state index contributed by atoms with van der Waals surface area (Å²) >= 11 is 0. The van der Waals surface area contributed by atoms with Crippen LogP contribution < -0.4 is 10.6 Å². The fraction of sp³-hybridized carbons (Fsp3) is 0.250. The van der Waals surface area contributed by atoms with Gasteiger partial charge in [-0.3, -0.25) is 4.79 Å². The third-order valence-electron chi connectivity index (χ3n) is 3.28. The molecule has 0 fully saturated rings. The highest BCUT2D eigenvalue weighted by Crippen LogP contribution is 2.19. The highest BCUT2D eigenvalue weighted by molar-refractivity contribution is 5.93. The third-order valence-corrected chi connectivity index (χ3v) is 3.28. The maximum Gasteiger partial charge on any atom is 0.319 e. The highest BCUT2D eigenvalue weighted by Gasteiger charge is 2.27. The number of carbonyl (C=O) groups is 2. The molecule has 0 atom stereocenters. The van der Waals surface area contributed by atoms with Crippen LogP contribution in [0, 0.1) is 5.41 Å². The van der Waals surface area contributed by atoms with Crippen molar-refractivity contribution in [3.8, 4) is 0 Å². The van der Waals surface area contributed by atoms with E-state index in [0.717, 1.165) is 10.8 Å². The molecular formula is C16H18N2O3. The Labute approximate surface area is 123 Å². The molecule has 0 spiro atoms. The smallest absolute Gasteiger partial charge is 0.319 e. The average Bonchev–Trinajstić information content (AvgIpc) is 2.45. The zero-order valence-electron chi connectivity index (χ0n) is 12.0. The molecule has 2 amide bonds. The Morgan fingerprint density at radius 2 is 1.76 bits per heavy atom. The zero-order valence-corrected chi connectivity index (χ0v) is 12.0. The van der Waals surface area contributed by atoms with E-state index in [2.05, 4.69) is 10.6 Å². The average molecular weight is 286 g/mol. The summed E-state index contributed by atoms with van der Waals surface area (Å²) in [5.74, 6) is -0.950. The number of carboxylic acids is 1. The highest BCUT2D eigenvalue weighted by atomic mass is 16.4. The molecule has 0 unspecified atom stereocenters. The van der Waals surface area contributed by atoms with Crippen LogP contribution in [0.2, 0.25) is 0 Å². The first-order chi connectivity index (χ1) is 9.88. The van der Waals surface area contributed by atoms with Gasteiger partial charge >= 0.3 is 12.0 Å². The van der Waals surface area contributed by atoms with Gasteiger partial charge in [-0.1, -0.05) is 30.3 Å². The molecule has 2 rings (SSSR count). The second-order valence-electron chi connectivity index (χ2n) is 5.56. The summed E-state index contributed by atoms with van der Waals surface area (Å²) in [4.78, 5) is 22.8. The van der Waals surface area contributed by atoms with Gasteiger partial charge in [-0.25, -0.2) is 4.79 Å². The van der Waals surface area contributed by atoms with Crippen LogP contribution in [0.3, 0.4) is 0 Å². The summed E-state index contributed by atoms with van der Waals surface area (Å²) in [5.41, 5.74) is -0.333. The Morgan fingerprint density at radius 3 is 2.43 bits per heavy atom. The van der Waals surface area contributed by atoms with Crippen LogP contribution in [0.1, 0.15) is 13.8 Å². The van der Waals surface area contributed by atoms with Gasteiger partial charge in [0.05, 0.1) is 5.41 Å². The van der Waals surface area contributed by atoms with Crippen LogP contribution in [0.15, 0.2) is 42.5 Å². The number of nitrogens with one attached hydrogen (secondary N) is 2. The Morgan fingerprint density at radius 1 is 1.10 bits per heavy atom. The molecule has 2 aromatic rings. The van der Waals surface area contributed by atoms with Gasteiger partial charge in [-0.05, 0) is 36.8 Å². The van der Waals surface area contributed by atoms with Gasteiger partial charge in [0.15, 0.2) is 0 Å². The Kier molecular flexibility index (Phi) is 4.12. The molecule has 0 saturated heterocycles. The van der Waals surface area contributed by atoms with Crippen molar-refractivity contribution in [3.05, 3.63) is 42.5 Å². The van der Waals surface area contributed by atoms with Gasteiger partial charge in [-0.2, -0.15) is 0 Å². The van der Waals surface area contributed by atoms with Crippen LogP contribution >= 0.6 is 0 Å². The topological polar surface area (TPSA) is 78.4 Å². The van der Waals surface area contributed by atoms with E-state index in [0.29, 0.717) is 5.69 Å². The Bertz CT molecular complexity index is 680. The normalized spacial score (nSPS) is 11.1. The number of carbonyl (C=O) groups excluding carboxylic acids is 1. The zero-order chi connectivity index (χ0) is 15.5. The van der Waals surface area contributed by atoms with Crippen molar-refractivity contribution in [3.63, 3.8) is 0 Å². The number of amides is 2. The summed E-state index contributed by atoms with van der Waals surface area (Å²) < 4.78 is 0. The summed E-state index contributed by atoms with van der Waals surface area (Å²) in [7, 11) is 0. The van der Waals surface area contributed by atoms with E-state index in [-0.39, 0.29) is 6.54 Å². The van der Waals surface area contributed by atoms with E-state index in [1.165, 1.54) is 0 Å². The molecule has 0 aliphatic heterocycles. The van der Waals surface area contributed by atoms with Crippen molar-refractivity contribution in [2.45, 2.75) is 13.8 Å². The number of rotatable bonds is 4. The lowest BCUT2D eigenvalue weighted by Crippen LogP contribution is -2.40. The molecule has 0 bridgehead atoms. The predicted octanol–water partition coefficient (Wildman–Crippen LogP) is 3.07. The van der Waals surface area contributed by atoms with Crippen molar-refractivity contribution in [2.75, 3.05) is 11.9 Å². The van der Waals surface area contributed by atoms with Gasteiger partial charge in [-0.15, -0.1) is 0 Å². The first-order valence-electron chi connectivity index (χ1n) is 6.65. The first-order valence-corrected chi connectivity index (χ1v) is 6.65. The van der Waals surface area contributed by atoms with Crippen molar-refractivity contribution in [1.82, 2.24) is 5.32 Å². The molecule has 0 saturated carbocycles. The SMILES string of the molecule is CC(C)(CNC(=O)Nc1ccc2ccccc2c1)C(=O)O. The Hall–Kier alpha value is -2.56. The molecule has 5 heteroatoms. The fourth-order valence-electron chi connectivity index (χ4n) is 1.82. The van der Waals surface area contributed by atoms with Gasteiger partial charge < -0.3 is 15.7 Å². The van der Waals surface area contributed by atoms with Gasteiger partial charge in [0.2, 0.25) is 0 Å². The van der Waals surface area contributed by atoms with E-state index in [4.69, 9.17) is 5.11 Å². The number of urea groups is 1. The number of aliphatic carboxylic acids is 1. The number of fused-ring (bicyclic) bond motifs is 1. The fourth-order valence-corrected chi connectivity index (χ4v) is 1.82. The second kappa shape index (κ2) is 5.83. The van der Waals surface area contributed by atoms with Crippen LogP contribution in [0.25, 0.3) is 10.8 Å². The quantitative estimate of drug-likeness (QED) is 0.808. The number of hydrogen-bond acceptors (Lipinski definition) is 2. The monoisotopic (exact) mass is 286 g/mol. The summed E-state index contributed by atoms with van der Waals surface area (Å²) in [6, 6.07) is 13.0. The maximum atomic E-state index is 11.8. The Balaban J connectivity index is 2.00. The lowest BCUT2D eigenvalue weighted by atomic mass is 9.94. The van der Waals surface area contributed by atoms with Crippen molar-refractivity contribution in [1.29, 1.82) is 0 Å². The van der Waals surface area contributed by atoms with E-state index >= 15 is 0 Å². The van der Waals surface area contributed by atoms with E-state index in [1.54, 1.807) is 13.8 Å². The number of anilines is 1. The molecular weight excluding hydrogens is 268 g/mol. The minimum absolute atomic E-state index is 0.0573. The first kappa shape index (κ1) is 14.8. The van der Waals surface area contributed by atoms with E-state index in [1.807, 2.05) is 42.5 Å². The largest absolute Gasteiger partial charge is 0.481 e. The molecule has 0 aliphatic carbocycles. The third kappa shape index (κ3) is 3.72. The molecule has 0 aliphatic rings. The molecule has 0 heterocycles. The van der Waals surface area contributed by atoms with Crippen molar-refractivity contribution in [2.24, 2.45) is 5.41 Å². The lowest BCUT2D eigenvalue weighted by molar-refractivity contribution is -0.146. The van der Waals surface area contributed by atoms with E-state index < -0.39 is 17.4 Å².